The molecule has 0 unspecified atom stereocenters. The largest absolute Gasteiger partial charge is 0.382 e. The Morgan fingerprint density at radius 1 is 1.71 bits per heavy atom. The predicted molar refractivity (Wildman–Crippen MR) is 23.5 cm³/mol. The highest BCUT2D eigenvalue weighted by Gasteiger charge is 2.45. The first kappa shape index (κ1) is 4.78. The number of rotatable bonds is 1. The van der Waals surface area contributed by atoms with Gasteiger partial charge < -0.3 is 5.11 Å². The average Bonchev–Trinajstić information content (AvgIpc) is 2.21. The van der Waals surface area contributed by atoms with Crippen LogP contribution in [0.1, 0.15) is 12.8 Å². The van der Waals surface area contributed by atoms with Crippen LogP contribution in [0.5, 0.6) is 0 Å². The molecular weight excluding hydrogens is 92.1 g/mol. The van der Waals surface area contributed by atoms with Crippen molar-refractivity contribution in [2.24, 2.45) is 0 Å². The van der Waals surface area contributed by atoms with Crippen molar-refractivity contribution in [1.29, 1.82) is 0 Å². The van der Waals surface area contributed by atoms with Crippen molar-refractivity contribution in [1.82, 2.24) is 0 Å². The van der Waals surface area contributed by atoms with Gasteiger partial charge in [-0.1, -0.05) is 0 Å². The molecule has 1 N–H and O–H groups in total. The molecule has 0 aromatic rings. The molecule has 0 aromatic carbocycles. The van der Waals surface area contributed by atoms with Crippen LogP contribution in [-0.4, -0.2) is 16.5 Å². The van der Waals surface area contributed by atoms with Crippen molar-refractivity contribution in [3.8, 4) is 0 Å². The molecule has 7 heavy (non-hydrogen) atoms. The molecular formula is C5H6O2. The fourth-order valence-electron chi connectivity index (χ4n) is 0.365. The van der Waals surface area contributed by atoms with Crippen LogP contribution in [0.15, 0.2) is 0 Å². The predicted octanol–water partition coefficient (Wildman–Crippen LogP) is -0.209. The third-order valence-electron chi connectivity index (χ3n) is 1.18. The van der Waals surface area contributed by atoms with E-state index in [2.05, 4.69) is 0 Å². The first-order valence-electron chi connectivity index (χ1n) is 2.17. The Hall–Kier alpha value is -0.370. The van der Waals surface area contributed by atoms with Crippen LogP contribution in [0.25, 0.3) is 0 Å². The van der Waals surface area contributed by atoms with Crippen molar-refractivity contribution in [3.63, 3.8) is 0 Å². The molecule has 0 aliphatic heterocycles. The molecule has 0 saturated heterocycles. The molecule has 0 spiro atoms. The van der Waals surface area contributed by atoms with E-state index in [9.17, 15) is 4.79 Å². The summed E-state index contributed by atoms with van der Waals surface area (Å²) in [6.45, 7) is 4.74. The van der Waals surface area contributed by atoms with E-state index in [1.165, 1.54) is 0 Å². The second-order valence-corrected chi connectivity index (χ2v) is 1.90. The van der Waals surface area contributed by atoms with Gasteiger partial charge in [-0.15, -0.1) is 0 Å². The lowest BCUT2D eigenvalue weighted by Crippen LogP contribution is -2.17. The number of carbonyl (C=O) groups is 1. The maximum atomic E-state index is 10.1. The summed E-state index contributed by atoms with van der Waals surface area (Å²) < 4.78 is 0. The van der Waals surface area contributed by atoms with E-state index in [-0.39, 0.29) is 0 Å². The molecule has 0 bridgehead atoms. The average molecular weight is 98.1 g/mol. The molecule has 0 aromatic heterocycles. The van der Waals surface area contributed by atoms with E-state index >= 15 is 0 Å². The van der Waals surface area contributed by atoms with Crippen molar-refractivity contribution >= 4 is 5.78 Å². The molecule has 38 valence electrons. The van der Waals surface area contributed by atoms with Gasteiger partial charge in [0.15, 0.2) is 5.78 Å². The molecule has 0 amide bonds. The maximum Gasteiger partial charge on any atom is 0.168 e. The summed E-state index contributed by atoms with van der Waals surface area (Å²) in [4.78, 5) is 10.1. The van der Waals surface area contributed by atoms with E-state index in [4.69, 9.17) is 12.0 Å². The summed E-state index contributed by atoms with van der Waals surface area (Å²) >= 11 is 0. The highest BCUT2D eigenvalue weighted by Crippen LogP contribution is 2.35. The van der Waals surface area contributed by atoms with Gasteiger partial charge in [-0.2, -0.15) is 0 Å². The SMILES string of the molecule is [CH]C(=O)C1(O)CC1. The normalized spacial score (nSPS) is 24.3. The zero-order valence-electron chi connectivity index (χ0n) is 3.85. The van der Waals surface area contributed by atoms with Crippen molar-refractivity contribution in [3.05, 3.63) is 6.92 Å². The van der Waals surface area contributed by atoms with Crippen LogP contribution in [-0.2, 0) is 4.79 Å². The molecule has 2 nitrogen and oxygen atoms in total. The molecule has 1 rings (SSSR count). The minimum atomic E-state index is -1.11. The second kappa shape index (κ2) is 1.07. The molecule has 1 fully saturated rings. The zero-order valence-corrected chi connectivity index (χ0v) is 3.85. The van der Waals surface area contributed by atoms with Crippen LogP contribution in [0.4, 0.5) is 0 Å². The Labute approximate surface area is 42.1 Å². The molecule has 1 aliphatic rings. The Morgan fingerprint density at radius 2 is 2.14 bits per heavy atom. The van der Waals surface area contributed by atoms with Gasteiger partial charge in [0.25, 0.3) is 0 Å². The molecule has 1 saturated carbocycles. The van der Waals surface area contributed by atoms with Gasteiger partial charge in [-0.3, -0.25) is 4.79 Å². The van der Waals surface area contributed by atoms with Gasteiger partial charge in [0.05, 0.1) is 0 Å². The fourth-order valence-corrected chi connectivity index (χ4v) is 0.365. The number of Topliss-reactive ketones (excluding diaryl/α,β-unsaturated/α-hetero) is 1. The van der Waals surface area contributed by atoms with Gasteiger partial charge in [0.2, 0.25) is 0 Å². The Balaban J connectivity index is 2.55. The van der Waals surface area contributed by atoms with Crippen LogP contribution in [0.2, 0.25) is 0 Å². The van der Waals surface area contributed by atoms with Gasteiger partial charge in [-0.25, -0.2) is 0 Å². The second-order valence-electron chi connectivity index (χ2n) is 1.90. The lowest BCUT2D eigenvalue weighted by Gasteiger charge is -1.95. The summed E-state index contributed by atoms with van der Waals surface area (Å²) in [7, 11) is 0. The van der Waals surface area contributed by atoms with Gasteiger partial charge in [-0.05, 0) is 12.8 Å². The van der Waals surface area contributed by atoms with Crippen molar-refractivity contribution in [2.45, 2.75) is 18.4 Å². The molecule has 2 radical (unpaired) electrons. The topological polar surface area (TPSA) is 37.3 Å². The minimum absolute atomic E-state index is 0.544. The van der Waals surface area contributed by atoms with Crippen LogP contribution < -0.4 is 0 Å². The number of hydrogen-bond donors (Lipinski definition) is 1. The third-order valence-corrected chi connectivity index (χ3v) is 1.18. The number of hydrogen-bond acceptors (Lipinski definition) is 2. The van der Waals surface area contributed by atoms with Gasteiger partial charge in [0.1, 0.15) is 5.60 Å². The maximum absolute atomic E-state index is 10.1. The van der Waals surface area contributed by atoms with E-state index in [0.29, 0.717) is 12.8 Å². The summed E-state index contributed by atoms with van der Waals surface area (Å²) in [6.07, 6.45) is 1.09. The van der Waals surface area contributed by atoms with Crippen LogP contribution in [0.3, 0.4) is 0 Å². The van der Waals surface area contributed by atoms with E-state index in [1.807, 2.05) is 0 Å². The van der Waals surface area contributed by atoms with E-state index < -0.39 is 11.4 Å². The van der Waals surface area contributed by atoms with E-state index in [1.54, 1.807) is 0 Å². The van der Waals surface area contributed by atoms with Crippen LogP contribution >= 0.6 is 0 Å². The minimum Gasteiger partial charge on any atom is -0.382 e. The van der Waals surface area contributed by atoms with Crippen LogP contribution in [0, 0.1) is 6.92 Å². The Kier molecular flexibility index (Phi) is 0.729. The summed E-state index contributed by atoms with van der Waals surface area (Å²) in [5.41, 5.74) is -1.11. The highest BCUT2D eigenvalue weighted by molar-refractivity contribution is 5.93. The summed E-state index contributed by atoms with van der Waals surface area (Å²) in [5, 5.41) is 8.73. The third kappa shape index (κ3) is 0.657. The van der Waals surface area contributed by atoms with E-state index in [0.717, 1.165) is 0 Å². The van der Waals surface area contributed by atoms with Gasteiger partial charge in [0, 0.05) is 6.92 Å². The number of aliphatic hydroxyl groups is 1. The molecule has 1 aliphatic carbocycles. The quantitative estimate of drug-likeness (QED) is 0.492. The lowest BCUT2D eigenvalue weighted by molar-refractivity contribution is -0.124. The zero-order chi connectivity index (χ0) is 5.49. The standard InChI is InChI=1S/C5H6O2/c1-4(6)5(7)2-3-5/h1,7H,2-3H2. The molecule has 2 heteroatoms. The summed E-state index contributed by atoms with van der Waals surface area (Å²) in [5.74, 6) is -0.590. The first-order valence-corrected chi connectivity index (χ1v) is 2.17. The Bertz CT molecular complexity index is 103. The Morgan fingerprint density at radius 3 is 2.14 bits per heavy atom. The highest BCUT2D eigenvalue weighted by atomic mass is 16.3. The lowest BCUT2D eigenvalue weighted by atomic mass is 10.2. The fraction of sp³-hybridized carbons (Fsp3) is 0.600. The summed E-state index contributed by atoms with van der Waals surface area (Å²) in [6, 6.07) is 0. The van der Waals surface area contributed by atoms with Crippen molar-refractivity contribution in [2.75, 3.05) is 0 Å². The van der Waals surface area contributed by atoms with Gasteiger partial charge >= 0.3 is 0 Å². The monoisotopic (exact) mass is 98.0 g/mol. The number of ketones is 1. The van der Waals surface area contributed by atoms with Crippen molar-refractivity contribution < 1.29 is 9.90 Å². The molecule has 0 atom stereocenters. The molecule has 0 heterocycles. The number of carbonyl (C=O) groups excluding carboxylic acids is 1. The smallest absolute Gasteiger partial charge is 0.168 e. The first-order chi connectivity index (χ1) is 3.15.